The van der Waals surface area contributed by atoms with Gasteiger partial charge < -0.3 is 10.1 Å². The molecule has 0 spiro atoms. The van der Waals surface area contributed by atoms with Crippen LogP contribution in [0.5, 0.6) is 5.75 Å². The Morgan fingerprint density at radius 1 is 1.12 bits per heavy atom. The van der Waals surface area contributed by atoms with Crippen LogP contribution in [0.3, 0.4) is 0 Å². The zero-order valence-electron chi connectivity index (χ0n) is 13.3. The predicted octanol–water partition coefficient (Wildman–Crippen LogP) is 4.34. The number of carbonyl (C=O) groups excluding carboxylic acids is 1. The van der Waals surface area contributed by atoms with Gasteiger partial charge in [0.15, 0.2) is 22.5 Å². The van der Waals surface area contributed by atoms with Gasteiger partial charge in [0.05, 0.1) is 7.11 Å². The topological polar surface area (TPSA) is 50.4 Å². The van der Waals surface area contributed by atoms with Gasteiger partial charge in [-0.05, 0) is 36.8 Å². The van der Waals surface area contributed by atoms with E-state index in [1.165, 1.54) is 6.07 Å². The molecule has 0 saturated heterocycles. The van der Waals surface area contributed by atoms with Gasteiger partial charge in [0, 0.05) is 10.7 Å². The van der Waals surface area contributed by atoms with Crippen LogP contribution in [0.4, 0.5) is 23.2 Å². The molecule has 0 aromatic heterocycles. The number of nitrogens with one attached hydrogen (secondary N) is 2. The van der Waals surface area contributed by atoms with Crippen molar-refractivity contribution < 1.29 is 27.1 Å². The van der Waals surface area contributed by atoms with Crippen molar-refractivity contribution >= 4 is 40.5 Å². The highest BCUT2D eigenvalue weighted by molar-refractivity contribution is 7.80. The molecule has 0 atom stereocenters. The molecule has 0 radical (unpaired) electrons. The minimum Gasteiger partial charge on any atom is -0.491 e. The Bertz CT molecular complexity index is 879. The summed E-state index contributed by atoms with van der Waals surface area (Å²) in [6.45, 7) is 1.72. The van der Waals surface area contributed by atoms with Crippen LogP contribution in [0.2, 0.25) is 5.02 Å². The van der Waals surface area contributed by atoms with Crippen LogP contribution in [0, 0.1) is 30.2 Å². The number of amides is 1. The molecule has 4 nitrogen and oxygen atoms in total. The van der Waals surface area contributed by atoms with Gasteiger partial charge in [0.25, 0.3) is 5.91 Å². The number of hydrogen-bond donors (Lipinski definition) is 2. The van der Waals surface area contributed by atoms with Gasteiger partial charge in [0.1, 0.15) is 5.56 Å². The second-order valence-electron chi connectivity index (χ2n) is 5.03. The van der Waals surface area contributed by atoms with E-state index >= 15 is 0 Å². The van der Waals surface area contributed by atoms with Crippen molar-refractivity contribution in [3.8, 4) is 5.75 Å². The number of anilines is 1. The second-order valence-corrected chi connectivity index (χ2v) is 5.88. The van der Waals surface area contributed by atoms with Gasteiger partial charge in [-0.2, -0.15) is 8.78 Å². The number of methoxy groups -OCH3 is 1. The molecule has 0 aliphatic rings. The highest BCUT2D eigenvalue weighted by Gasteiger charge is 2.30. The SMILES string of the molecule is COc1c(F)c(F)c(C(=O)NC(=S)Nc2cc(Cl)ccc2C)c(F)c1F. The fraction of sp³-hybridized carbons (Fsp3) is 0.125. The maximum atomic E-state index is 13.9. The molecular weight excluding hydrogens is 396 g/mol. The quantitative estimate of drug-likeness (QED) is 0.452. The molecule has 138 valence electrons. The number of aryl methyl sites for hydroxylation is 1. The van der Waals surface area contributed by atoms with Crippen LogP contribution in [0.25, 0.3) is 0 Å². The lowest BCUT2D eigenvalue weighted by Crippen LogP contribution is -2.35. The number of carbonyl (C=O) groups is 1. The summed E-state index contributed by atoms with van der Waals surface area (Å²) in [5.74, 6) is -10.2. The lowest BCUT2D eigenvalue weighted by atomic mass is 10.1. The van der Waals surface area contributed by atoms with E-state index in [1.807, 2.05) is 5.32 Å². The van der Waals surface area contributed by atoms with Crippen molar-refractivity contribution in [1.29, 1.82) is 0 Å². The van der Waals surface area contributed by atoms with E-state index in [0.717, 1.165) is 7.11 Å². The summed E-state index contributed by atoms with van der Waals surface area (Å²) in [5.41, 5.74) is -0.325. The van der Waals surface area contributed by atoms with Gasteiger partial charge in [-0.1, -0.05) is 17.7 Å². The van der Waals surface area contributed by atoms with Crippen LogP contribution < -0.4 is 15.4 Å². The summed E-state index contributed by atoms with van der Waals surface area (Å²) in [4.78, 5) is 12.0. The summed E-state index contributed by atoms with van der Waals surface area (Å²) in [6.07, 6.45) is 0. The molecule has 0 heterocycles. The normalized spacial score (nSPS) is 10.4. The van der Waals surface area contributed by atoms with Crippen molar-refractivity contribution in [3.63, 3.8) is 0 Å². The zero-order valence-corrected chi connectivity index (χ0v) is 14.9. The van der Waals surface area contributed by atoms with Crippen molar-refractivity contribution in [2.45, 2.75) is 6.92 Å². The largest absolute Gasteiger partial charge is 0.491 e. The van der Waals surface area contributed by atoms with Gasteiger partial charge in [-0.3, -0.25) is 10.1 Å². The van der Waals surface area contributed by atoms with Crippen LogP contribution in [-0.4, -0.2) is 18.1 Å². The van der Waals surface area contributed by atoms with Crippen LogP contribution in [0.15, 0.2) is 18.2 Å². The summed E-state index contributed by atoms with van der Waals surface area (Å²) < 4.78 is 59.5. The Morgan fingerprint density at radius 3 is 2.23 bits per heavy atom. The second kappa shape index (κ2) is 7.88. The van der Waals surface area contributed by atoms with Crippen LogP contribution >= 0.6 is 23.8 Å². The Kier molecular flexibility index (Phi) is 6.04. The summed E-state index contributed by atoms with van der Waals surface area (Å²) in [5, 5.41) is 4.58. The number of ether oxygens (including phenoxy) is 1. The monoisotopic (exact) mass is 406 g/mol. The Balaban J connectivity index is 2.28. The van der Waals surface area contributed by atoms with E-state index < -0.39 is 40.5 Å². The van der Waals surface area contributed by atoms with Crippen LogP contribution in [0.1, 0.15) is 15.9 Å². The van der Waals surface area contributed by atoms with E-state index in [9.17, 15) is 22.4 Å². The molecule has 0 unspecified atom stereocenters. The average Bonchev–Trinajstić information content (AvgIpc) is 2.57. The molecule has 2 aromatic rings. The van der Waals surface area contributed by atoms with Gasteiger partial charge in [0.2, 0.25) is 11.6 Å². The van der Waals surface area contributed by atoms with E-state index in [1.54, 1.807) is 19.1 Å². The lowest BCUT2D eigenvalue weighted by Gasteiger charge is -2.14. The molecule has 0 aliphatic carbocycles. The highest BCUT2D eigenvalue weighted by atomic mass is 35.5. The molecule has 0 fully saturated rings. The number of rotatable bonds is 3. The van der Waals surface area contributed by atoms with Crippen molar-refractivity contribution in [1.82, 2.24) is 5.32 Å². The van der Waals surface area contributed by atoms with Crippen molar-refractivity contribution in [2.24, 2.45) is 0 Å². The minimum atomic E-state index is -1.90. The van der Waals surface area contributed by atoms with Crippen molar-refractivity contribution in [2.75, 3.05) is 12.4 Å². The van der Waals surface area contributed by atoms with Gasteiger partial charge in [-0.25, -0.2) is 8.78 Å². The molecule has 0 saturated carbocycles. The third kappa shape index (κ3) is 3.88. The first-order chi connectivity index (χ1) is 12.2. The molecule has 1 amide bonds. The summed E-state index contributed by atoms with van der Waals surface area (Å²) >= 11 is 10.7. The Labute approximate surface area is 156 Å². The third-order valence-electron chi connectivity index (χ3n) is 3.33. The molecular formula is C16H11ClF4N2O2S. The Hall–Kier alpha value is -2.39. The number of thiocarbonyl (C=S) groups is 1. The zero-order chi connectivity index (χ0) is 19.6. The molecule has 10 heteroatoms. The summed E-state index contributed by atoms with van der Waals surface area (Å²) in [7, 11) is 0.826. The van der Waals surface area contributed by atoms with Gasteiger partial charge >= 0.3 is 0 Å². The minimum absolute atomic E-state index is 0.351. The van der Waals surface area contributed by atoms with E-state index in [4.69, 9.17) is 23.8 Å². The fourth-order valence-corrected chi connectivity index (χ4v) is 2.41. The summed E-state index contributed by atoms with van der Waals surface area (Å²) in [6, 6.07) is 4.79. The number of benzene rings is 2. The average molecular weight is 407 g/mol. The first-order valence-corrected chi connectivity index (χ1v) is 7.74. The van der Waals surface area contributed by atoms with E-state index in [-0.39, 0.29) is 5.11 Å². The lowest BCUT2D eigenvalue weighted by molar-refractivity contribution is 0.0966. The van der Waals surface area contributed by atoms with Crippen LogP contribution in [-0.2, 0) is 0 Å². The predicted molar refractivity (Wildman–Crippen MR) is 92.7 cm³/mol. The molecule has 2 N–H and O–H groups in total. The molecule has 2 rings (SSSR count). The first kappa shape index (κ1) is 19.9. The van der Waals surface area contributed by atoms with Gasteiger partial charge in [-0.15, -0.1) is 0 Å². The molecule has 26 heavy (non-hydrogen) atoms. The smallest absolute Gasteiger partial charge is 0.263 e. The molecule has 0 bridgehead atoms. The van der Waals surface area contributed by atoms with Crippen molar-refractivity contribution in [3.05, 3.63) is 57.6 Å². The maximum Gasteiger partial charge on any atom is 0.263 e. The standard InChI is InChI=1S/C16H11ClF4N2O2S/c1-6-3-4-7(17)5-8(6)22-16(26)23-15(24)9-10(18)12(20)14(25-2)13(21)11(9)19/h3-5H,1-2H3,(H2,22,23,24,26). The molecule has 0 aliphatic heterocycles. The first-order valence-electron chi connectivity index (χ1n) is 6.95. The number of hydrogen-bond acceptors (Lipinski definition) is 3. The Morgan fingerprint density at radius 2 is 1.69 bits per heavy atom. The number of halogens is 5. The van der Waals surface area contributed by atoms with E-state index in [0.29, 0.717) is 16.3 Å². The highest BCUT2D eigenvalue weighted by Crippen LogP contribution is 2.29. The fourth-order valence-electron chi connectivity index (χ4n) is 2.04. The third-order valence-corrected chi connectivity index (χ3v) is 3.77. The molecule has 2 aromatic carbocycles. The van der Waals surface area contributed by atoms with E-state index in [2.05, 4.69) is 10.1 Å². The maximum absolute atomic E-state index is 13.9.